The van der Waals surface area contributed by atoms with E-state index in [1.54, 1.807) is 36.5 Å². The van der Waals surface area contributed by atoms with Crippen molar-refractivity contribution in [1.82, 2.24) is 9.97 Å². The standard InChI is InChI=1S/C22H19N3O5/c1-12(26)22(28)24-14-5-3-4-13(6-14)17-8-19(27)15-7-16(21-10-23-11-30-21)20(29-2)9-18(15)25-17/h3-12,26H,1-2H3,(H,24,28)(H,25,27). The maximum Gasteiger partial charge on any atom is 0.252 e. The second kappa shape index (κ2) is 7.84. The second-order valence-corrected chi connectivity index (χ2v) is 6.76. The molecule has 0 aliphatic heterocycles. The molecule has 0 aliphatic carbocycles. The lowest BCUT2D eigenvalue weighted by molar-refractivity contribution is -0.123. The van der Waals surface area contributed by atoms with Crippen LogP contribution in [0.25, 0.3) is 33.5 Å². The highest BCUT2D eigenvalue weighted by molar-refractivity contribution is 5.94. The van der Waals surface area contributed by atoms with Crippen LogP contribution in [-0.4, -0.2) is 34.2 Å². The molecule has 2 aromatic heterocycles. The number of aliphatic hydroxyl groups is 1. The molecule has 0 spiro atoms. The summed E-state index contributed by atoms with van der Waals surface area (Å²) >= 11 is 0. The Morgan fingerprint density at radius 2 is 2.10 bits per heavy atom. The van der Waals surface area contributed by atoms with Gasteiger partial charge in [0.15, 0.2) is 17.6 Å². The van der Waals surface area contributed by atoms with Gasteiger partial charge in [0, 0.05) is 34.5 Å². The summed E-state index contributed by atoms with van der Waals surface area (Å²) in [5, 5.41) is 12.5. The summed E-state index contributed by atoms with van der Waals surface area (Å²) in [5.74, 6) is 0.521. The number of oxazole rings is 1. The lowest BCUT2D eigenvalue weighted by Gasteiger charge is -2.11. The SMILES string of the molecule is COc1cc2[nH]c(-c3cccc(NC(=O)C(C)O)c3)cc(=O)c2cc1-c1cnco1. The molecule has 0 saturated carbocycles. The normalized spacial score (nSPS) is 12.0. The van der Waals surface area contributed by atoms with Gasteiger partial charge in [0.25, 0.3) is 5.91 Å². The number of methoxy groups -OCH3 is 1. The van der Waals surface area contributed by atoms with Gasteiger partial charge in [0.2, 0.25) is 0 Å². The molecule has 3 N–H and O–H groups in total. The minimum Gasteiger partial charge on any atom is -0.496 e. The van der Waals surface area contributed by atoms with Crippen LogP contribution in [0, 0.1) is 0 Å². The Bertz CT molecular complexity index is 1280. The van der Waals surface area contributed by atoms with Gasteiger partial charge in [0.1, 0.15) is 11.9 Å². The summed E-state index contributed by atoms with van der Waals surface area (Å²) in [6.45, 7) is 1.39. The van der Waals surface area contributed by atoms with Crippen molar-refractivity contribution < 1.29 is 19.1 Å². The topological polar surface area (TPSA) is 117 Å². The Balaban J connectivity index is 1.79. The molecule has 30 heavy (non-hydrogen) atoms. The van der Waals surface area contributed by atoms with Gasteiger partial charge in [-0.2, -0.15) is 0 Å². The molecule has 0 bridgehead atoms. The maximum atomic E-state index is 12.8. The van der Waals surface area contributed by atoms with Crippen molar-refractivity contribution in [1.29, 1.82) is 0 Å². The van der Waals surface area contributed by atoms with Gasteiger partial charge in [-0.05, 0) is 25.1 Å². The van der Waals surface area contributed by atoms with E-state index >= 15 is 0 Å². The molecule has 4 rings (SSSR count). The predicted octanol–water partition coefficient (Wildman–Crippen LogP) is 3.18. The molecule has 4 aromatic rings. The molecule has 0 aliphatic rings. The summed E-state index contributed by atoms with van der Waals surface area (Å²) in [6, 6.07) is 11.9. The number of nitrogens with one attached hydrogen (secondary N) is 2. The quantitative estimate of drug-likeness (QED) is 0.469. The van der Waals surface area contributed by atoms with Crippen molar-refractivity contribution in [2.45, 2.75) is 13.0 Å². The number of H-pyrrole nitrogens is 1. The molecule has 8 heteroatoms. The van der Waals surface area contributed by atoms with E-state index in [9.17, 15) is 14.7 Å². The Labute approximate surface area is 171 Å². The number of anilines is 1. The van der Waals surface area contributed by atoms with Crippen LogP contribution in [0.1, 0.15) is 6.92 Å². The number of rotatable bonds is 5. The fraction of sp³-hybridized carbons (Fsp3) is 0.136. The molecule has 0 radical (unpaired) electrons. The molecule has 152 valence electrons. The summed E-state index contributed by atoms with van der Waals surface area (Å²) in [5.41, 5.74) is 2.84. The number of hydrogen-bond donors (Lipinski definition) is 3. The summed E-state index contributed by atoms with van der Waals surface area (Å²) in [4.78, 5) is 31.7. The first-order chi connectivity index (χ1) is 14.5. The zero-order valence-electron chi connectivity index (χ0n) is 16.3. The number of aromatic amines is 1. The van der Waals surface area contributed by atoms with E-state index in [0.29, 0.717) is 44.9 Å². The highest BCUT2D eigenvalue weighted by Gasteiger charge is 2.14. The summed E-state index contributed by atoms with van der Waals surface area (Å²) in [7, 11) is 1.54. The van der Waals surface area contributed by atoms with Crippen LogP contribution in [-0.2, 0) is 4.79 Å². The summed E-state index contributed by atoms with van der Waals surface area (Å²) in [6.07, 6.45) is 1.75. The Hall–Kier alpha value is -3.91. The minimum absolute atomic E-state index is 0.180. The number of nitrogens with zero attached hydrogens (tertiary/aromatic N) is 1. The predicted molar refractivity (Wildman–Crippen MR) is 112 cm³/mol. The first-order valence-corrected chi connectivity index (χ1v) is 9.19. The molecule has 1 unspecified atom stereocenters. The van der Waals surface area contributed by atoms with Crippen LogP contribution in [0.15, 0.2) is 64.3 Å². The fourth-order valence-corrected chi connectivity index (χ4v) is 3.15. The first kappa shape index (κ1) is 19.4. The van der Waals surface area contributed by atoms with E-state index < -0.39 is 12.0 Å². The van der Waals surface area contributed by atoms with Gasteiger partial charge < -0.3 is 24.6 Å². The maximum absolute atomic E-state index is 12.8. The van der Waals surface area contributed by atoms with Crippen LogP contribution in [0.5, 0.6) is 5.75 Å². The Morgan fingerprint density at radius 3 is 2.80 bits per heavy atom. The number of aliphatic hydroxyl groups excluding tert-OH is 1. The van der Waals surface area contributed by atoms with Gasteiger partial charge >= 0.3 is 0 Å². The van der Waals surface area contributed by atoms with Crippen molar-refractivity contribution in [3.05, 3.63) is 65.3 Å². The smallest absolute Gasteiger partial charge is 0.252 e. The average molecular weight is 405 g/mol. The zero-order chi connectivity index (χ0) is 21.3. The van der Waals surface area contributed by atoms with Crippen LogP contribution in [0.3, 0.4) is 0 Å². The number of hydrogen-bond acceptors (Lipinski definition) is 6. The molecule has 2 aromatic carbocycles. The van der Waals surface area contributed by atoms with Crippen molar-refractivity contribution in [3.63, 3.8) is 0 Å². The average Bonchev–Trinajstić information content (AvgIpc) is 3.27. The number of amides is 1. The van der Waals surface area contributed by atoms with Crippen LogP contribution < -0.4 is 15.5 Å². The lowest BCUT2D eigenvalue weighted by Crippen LogP contribution is -2.24. The molecule has 0 fully saturated rings. The third-order valence-corrected chi connectivity index (χ3v) is 4.67. The zero-order valence-corrected chi connectivity index (χ0v) is 16.3. The van der Waals surface area contributed by atoms with E-state index in [4.69, 9.17) is 9.15 Å². The molecule has 1 atom stereocenters. The molecule has 0 saturated heterocycles. The van der Waals surface area contributed by atoms with Crippen LogP contribution in [0.4, 0.5) is 5.69 Å². The van der Waals surface area contributed by atoms with Crippen molar-refractivity contribution in [2.24, 2.45) is 0 Å². The minimum atomic E-state index is -1.12. The van der Waals surface area contributed by atoms with Gasteiger partial charge in [0.05, 0.1) is 24.4 Å². The van der Waals surface area contributed by atoms with E-state index in [2.05, 4.69) is 15.3 Å². The second-order valence-electron chi connectivity index (χ2n) is 6.76. The largest absolute Gasteiger partial charge is 0.496 e. The van der Waals surface area contributed by atoms with Gasteiger partial charge in [-0.25, -0.2) is 4.98 Å². The number of carbonyl (C=O) groups is 1. The van der Waals surface area contributed by atoms with Gasteiger partial charge in [-0.15, -0.1) is 0 Å². The van der Waals surface area contributed by atoms with Crippen LogP contribution >= 0.6 is 0 Å². The Kier molecular flexibility index (Phi) is 5.07. The number of carbonyl (C=O) groups excluding carboxylic acids is 1. The molecule has 1 amide bonds. The number of aromatic nitrogens is 2. The monoisotopic (exact) mass is 405 g/mol. The number of ether oxygens (including phenoxy) is 1. The highest BCUT2D eigenvalue weighted by Crippen LogP contribution is 2.33. The van der Waals surface area contributed by atoms with Gasteiger partial charge in [-0.3, -0.25) is 9.59 Å². The van der Waals surface area contributed by atoms with Gasteiger partial charge in [-0.1, -0.05) is 12.1 Å². The lowest BCUT2D eigenvalue weighted by atomic mass is 10.0. The highest BCUT2D eigenvalue weighted by atomic mass is 16.5. The van der Waals surface area contributed by atoms with E-state index in [1.165, 1.54) is 26.5 Å². The molecule has 8 nitrogen and oxygen atoms in total. The number of benzene rings is 2. The molecular weight excluding hydrogens is 386 g/mol. The third-order valence-electron chi connectivity index (χ3n) is 4.67. The number of pyridine rings is 1. The van der Waals surface area contributed by atoms with E-state index in [0.717, 1.165) is 0 Å². The van der Waals surface area contributed by atoms with Crippen molar-refractivity contribution in [2.75, 3.05) is 12.4 Å². The first-order valence-electron chi connectivity index (χ1n) is 9.19. The summed E-state index contributed by atoms with van der Waals surface area (Å²) < 4.78 is 10.8. The van der Waals surface area contributed by atoms with Crippen molar-refractivity contribution in [3.8, 4) is 28.3 Å². The van der Waals surface area contributed by atoms with E-state index in [1.807, 2.05) is 6.07 Å². The van der Waals surface area contributed by atoms with Crippen LogP contribution in [0.2, 0.25) is 0 Å². The van der Waals surface area contributed by atoms with E-state index in [-0.39, 0.29) is 5.43 Å². The van der Waals surface area contributed by atoms with Crippen molar-refractivity contribution >= 4 is 22.5 Å². The fourth-order valence-electron chi connectivity index (χ4n) is 3.15. The third kappa shape index (κ3) is 3.68. The molecule has 2 heterocycles. The molecular formula is C22H19N3O5. The Morgan fingerprint density at radius 1 is 1.27 bits per heavy atom. The number of fused-ring (bicyclic) bond motifs is 1.